The van der Waals surface area contributed by atoms with Crippen LogP contribution in [0.15, 0.2) is 39.1 Å². The minimum absolute atomic E-state index is 0.118. The third-order valence-electron chi connectivity index (χ3n) is 2.71. The van der Waals surface area contributed by atoms with Crippen LogP contribution < -0.4 is 5.56 Å². The van der Waals surface area contributed by atoms with E-state index in [9.17, 15) is 4.79 Å². The molecule has 0 N–H and O–H groups in total. The van der Waals surface area contributed by atoms with Gasteiger partial charge in [-0.05, 0) is 29.3 Å². The molecule has 0 radical (unpaired) electrons. The lowest BCUT2D eigenvalue weighted by atomic mass is 10.3. The first-order chi connectivity index (χ1) is 9.28. The third kappa shape index (κ3) is 2.36. The number of aryl methyl sites for hydroxylation is 1. The van der Waals surface area contributed by atoms with E-state index < -0.39 is 0 Å². The zero-order valence-corrected chi connectivity index (χ0v) is 11.9. The Morgan fingerprint density at radius 3 is 3.16 bits per heavy atom. The summed E-state index contributed by atoms with van der Waals surface area (Å²) in [5, 5.41) is 8.75. The number of thiophene rings is 2. The Kier molecular flexibility index (Phi) is 3.27. The zero-order chi connectivity index (χ0) is 13.2. The van der Waals surface area contributed by atoms with Crippen molar-refractivity contribution in [1.82, 2.24) is 9.66 Å². The average molecular weight is 289 g/mol. The van der Waals surface area contributed by atoms with Crippen LogP contribution in [0.4, 0.5) is 0 Å². The molecule has 0 amide bonds. The summed E-state index contributed by atoms with van der Waals surface area (Å²) < 4.78 is 1.28. The monoisotopic (exact) mass is 289 g/mol. The van der Waals surface area contributed by atoms with Crippen molar-refractivity contribution in [2.45, 2.75) is 13.3 Å². The van der Waals surface area contributed by atoms with E-state index in [1.54, 1.807) is 28.9 Å². The molecule has 4 nitrogen and oxygen atoms in total. The average Bonchev–Trinajstić information content (AvgIpc) is 3.07. The number of hydrogen-bond donors (Lipinski definition) is 0. The van der Waals surface area contributed by atoms with E-state index >= 15 is 0 Å². The predicted octanol–water partition coefficient (Wildman–Crippen LogP) is 2.96. The topological polar surface area (TPSA) is 47.2 Å². The second-order valence-electron chi connectivity index (χ2n) is 3.98. The van der Waals surface area contributed by atoms with Crippen molar-refractivity contribution < 1.29 is 0 Å². The van der Waals surface area contributed by atoms with E-state index in [-0.39, 0.29) is 5.56 Å². The van der Waals surface area contributed by atoms with Crippen LogP contribution in [0.2, 0.25) is 0 Å². The standard InChI is InChI=1S/C13H11N3OS2/c1-2-10-5-11-12(19-10)14-8-16(13(11)17)15-6-9-3-4-18-7-9/h3-8H,2H2,1H3/b15-6-. The Morgan fingerprint density at radius 1 is 1.53 bits per heavy atom. The van der Waals surface area contributed by atoms with Gasteiger partial charge in [-0.15, -0.1) is 11.3 Å². The summed E-state index contributed by atoms with van der Waals surface area (Å²) in [6, 6.07) is 3.86. The summed E-state index contributed by atoms with van der Waals surface area (Å²) in [6.45, 7) is 2.07. The predicted molar refractivity (Wildman–Crippen MR) is 80.6 cm³/mol. The van der Waals surface area contributed by atoms with E-state index in [0.29, 0.717) is 5.39 Å². The molecule has 3 rings (SSSR count). The number of fused-ring (bicyclic) bond motifs is 1. The van der Waals surface area contributed by atoms with Crippen LogP contribution in [0, 0.1) is 0 Å². The lowest BCUT2D eigenvalue weighted by molar-refractivity contribution is 0.819. The fourth-order valence-electron chi connectivity index (χ4n) is 1.70. The molecule has 0 saturated carbocycles. The normalized spacial score (nSPS) is 11.6. The van der Waals surface area contributed by atoms with Crippen LogP contribution in [0.5, 0.6) is 0 Å². The fourth-order valence-corrected chi connectivity index (χ4v) is 3.23. The third-order valence-corrected chi connectivity index (χ3v) is 4.60. The van der Waals surface area contributed by atoms with Gasteiger partial charge in [-0.3, -0.25) is 4.79 Å². The largest absolute Gasteiger partial charge is 0.282 e. The van der Waals surface area contributed by atoms with Gasteiger partial charge in [-0.25, -0.2) is 4.98 Å². The number of aromatic nitrogens is 2. The second-order valence-corrected chi connectivity index (χ2v) is 5.88. The molecule has 3 heterocycles. The summed E-state index contributed by atoms with van der Waals surface area (Å²) in [7, 11) is 0. The van der Waals surface area contributed by atoms with E-state index in [1.807, 2.05) is 22.9 Å². The van der Waals surface area contributed by atoms with Gasteiger partial charge in [0.25, 0.3) is 5.56 Å². The second kappa shape index (κ2) is 5.07. The van der Waals surface area contributed by atoms with Gasteiger partial charge in [0.05, 0.1) is 11.6 Å². The van der Waals surface area contributed by atoms with Gasteiger partial charge < -0.3 is 0 Å². The molecule has 0 bridgehead atoms. The van der Waals surface area contributed by atoms with Crippen molar-refractivity contribution in [2.24, 2.45) is 5.10 Å². The van der Waals surface area contributed by atoms with Crippen molar-refractivity contribution in [3.63, 3.8) is 0 Å². The summed E-state index contributed by atoms with van der Waals surface area (Å²) in [4.78, 5) is 18.5. The Hall–Kier alpha value is -1.79. The summed E-state index contributed by atoms with van der Waals surface area (Å²) in [6.07, 6.45) is 4.06. The number of rotatable bonds is 3. The fraction of sp³-hybridized carbons (Fsp3) is 0.154. The molecule has 0 aromatic carbocycles. The molecule has 3 aromatic heterocycles. The molecule has 0 aliphatic rings. The van der Waals surface area contributed by atoms with Gasteiger partial charge in [0.1, 0.15) is 11.2 Å². The van der Waals surface area contributed by atoms with Crippen LogP contribution in [0.3, 0.4) is 0 Å². The highest BCUT2D eigenvalue weighted by atomic mass is 32.1. The SMILES string of the molecule is CCc1cc2c(=O)n(/N=C\c3ccsc3)cnc2s1. The molecule has 0 fully saturated rings. The molecule has 0 atom stereocenters. The molecule has 3 aromatic rings. The van der Waals surface area contributed by atoms with Gasteiger partial charge >= 0.3 is 0 Å². The van der Waals surface area contributed by atoms with E-state index in [4.69, 9.17) is 0 Å². The van der Waals surface area contributed by atoms with Crippen LogP contribution >= 0.6 is 22.7 Å². The van der Waals surface area contributed by atoms with Gasteiger partial charge in [-0.1, -0.05) is 6.92 Å². The maximum absolute atomic E-state index is 12.2. The summed E-state index contributed by atoms with van der Waals surface area (Å²) in [5.74, 6) is 0. The molecule has 19 heavy (non-hydrogen) atoms. The molecule has 0 aliphatic heterocycles. The van der Waals surface area contributed by atoms with Gasteiger partial charge in [0, 0.05) is 10.4 Å². The van der Waals surface area contributed by atoms with Gasteiger partial charge in [0.15, 0.2) is 0 Å². The lowest BCUT2D eigenvalue weighted by Crippen LogP contribution is -2.16. The van der Waals surface area contributed by atoms with Crippen LogP contribution in [-0.4, -0.2) is 15.9 Å². The smallest absolute Gasteiger partial charge is 0.267 e. The Bertz CT molecular complexity index is 784. The number of nitrogens with zero attached hydrogens (tertiary/aromatic N) is 3. The number of hydrogen-bond acceptors (Lipinski definition) is 5. The quantitative estimate of drug-likeness (QED) is 0.696. The molecule has 0 aliphatic carbocycles. The van der Waals surface area contributed by atoms with Crippen LogP contribution in [0.25, 0.3) is 10.2 Å². The maximum Gasteiger partial charge on any atom is 0.282 e. The Morgan fingerprint density at radius 2 is 2.42 bits per heavy atom. The first kappa shape index (κ1) is 12.3. The molecular weight excluding hydrogens is 278 g/mol. The molecule has 0 unspecified atom stereocenters. The summed E-state index contributed by atoms with van der Waals surface area (Å²) in [5.41, 5.74) is 0.865. The highest BCUT2D eigenvalue weighted by Gasteiger charge is 2.07. The van der Waals surface area contributed by atoms with E-state index in [0.717, 1.165) is 16.8 Å². The van der Waals surface area contributed by atoms with Crippen molar-refractivity contribution in [3.05, 3.63) is 50.0 Å². The molecule has 0 saturated heterocycles. The van der Waals surface area contributed by atoms with Gasteiger partial charge in [-0.2, -0.15) is 21.1 Å². The molecule has 6 heteroatoms. The lowest BCUT2D eigenvalue weighted by Gasteiger charge is -1.95. The van der Waals surface area contributed by atoms with Crippen molar-refractivity contribution in [3.8, 4) is 0 Å². The molecular formula is C13H11N3OS2. The maximum atomic E-state index is 12.2. The van der Waals surface area contributed by atoms with Crippen molar-refractivity contribution >= 4 is 39.1 Å². The Labute approximate surface area is 117 Å². The molecule has 0 spiro atoms. The minimum atomic E-state index is -0.118. The van der Waals surface area contributed by atoms with Crippen molar-refractivity contribution in [1.29, 1.82) is 0 Å². The zero-order valence-electron chi connectivity index (χ0n) is 10.2. The highest BCUT2D eigenvalue weighted by molar-refractivity contribution is 7.18. The Balaban J connectivity index is 2.05. The molecule has 96 valence electrons. The van der Waals surface area contributed by atoms with E-state index in [2.05, 4.69) is 17.0 Å². The van der Waals surface area contributed by atoms with Crippen LogP contribution in [-0.2, 0) is 6.42 Å². The first-order valence-electron chi connectivity index (χ1n) is 5.84. The van der Waals surface area contributed by atoms with Crippen LogP contribution in [0.1, 0.15) is 17.4 Å². The van der Waals surface area contributed by atoms with Crippen molar-refractivity contribution in [2.75, 3.05) is 0 Å². The van der Waals surface area contributed by atoms with Gasteiger partial charge in [0.2, 0.25) is 0 Å². The highest BCUT2D eigenvalue weighted by Crippen LogP contribution is 2.20. The van der Waals surface area contributed by atoms with E-state index in [1.165, 1.54) is 15.9 Å². The first-order valence-corrected chi connectivity index (χ1v) is 7.60. The minimum Gasteiger partial charge on any atom is -0.267 e. The summed E-state index contributed by atoms with van der Waals surface area (Å²) >= 11 is 3.16.